The maximum Gasteiger partial charge on any atom is 0.519 e. The highest BCUT2D eigenvalue weighted by Crippen LogP contribution is 2.18. The van der Waals surface area contributed by atoms with Gasteiger partial charge < -0.3 is 40.2 Å². The Morgan fingerprint density at radius 1 is 0.682 bits per heavy atom. The van der Waals surface area contributed by atoms with Crippen molar-refractivity contribution in [1.82, 2.24) is 5.32 Å². The number of carbonyl (C=O) groups excluding carboxylic acids is 3. The van der Waals surface area contributed by atoms with Crippen LogP contribution in [-0.4, -0.2) is 58.6 Å². The largest absolute Gasteiger partial charge is 0.519 e. The third-order valence-electron chi connectivity index (χ3n) is 4.59. The van der Waals surface area contributed by atoms with Crippen molar-refractivity contribution in [3.05, 3.63) is 68.6 Å². The summed E-state index contributed by atoms with van der Waals surface area (Å²) >= 11 is 6.65. The molecule has 2 aromatic carbocycles. The monoisotopic (exact) mass is 748 g/mol. The molecule has 0 spiro atoms. The molecule has 0 heterocycles. The molecule has 0 fully saturated rings. The predicted octanol–water partition coefficient (Wildman–Crippen LogP) is 7.32. The lowest BCUT2D eigenvalue weighted by Gasteiger charge is -2.23. The fourth-order valence-electron chi connectivity index (χ4n) is 2.80. The summed E-state index contributed by atoms with van der Waals surface area (Å²) in [4.78, 5) is 33.6. The number of benzene rings is 2. The molecule has 2 atom stereocenters. The maximum atomic E-state index is 11.6. The lowest BCUT2D eigenvalue weighted by atomic mass is 10.1. The lowest BCUT2D eigenvalue weighted by Crippen LogP contribution is -2.36. The van der Waals surface area contributed by atoms with Crippen molar-refractivity contribution in [2.75, 3.05) is 13.2 Å². The normalized spacial score (nSPS) is 12.6. The standard InChI is InChI=1S/C13H18BrNO3.C10H18O5.C8H10BrNO/c1-13(2,3)18-12(17)15-11(8-16)9-4-6-10(14)7-5-9;1-9(2,3)14-7(11)13-8(12)15-10(4,5)6;9-7-3-1-6(2-4-7)8(10)5-11/h4-7,11,16H,8H2,1-3H3,(H,15,17);1-6H3;1-4,8,11H,5,10H2/t11-;;8-/m0.0/s1. The van der Waals surface area contributed by atoms with Crippen LogP contribution in [0.1, 0.15) is 85.5 Å². The molecule has 248 valence electrons. The van der Waals surface area contributed by atoms with Gasteiger partial charge in [0.15, 0.2) is 0 Å². The number of carbonyl (C=O) groups is 3. The summed E-state index contributed by atoms with van der Waals surface area (Å²) in [5.41, 5.74) is 5.42. The summed E-state index contributed by atoms with van der Waals surface area (Å²) in [5.74, 6) is 0. The van der Waals surface area contributed by atoms with Gasteiger partial charge in [-0.25, -0.2) is 14.4 Å². The summed E-state index contributed by atoms with van der Waals surface area (Å²) in [5, 5.41) is 20.7. The highest BCUT2D eigenvalue weighted by Gasteiger charge is 2.24. The molecule has 0 saturated heterocycles. The van der Waals surface area contributed by atoms with Crippen molar-refractivity contribution >= 4 is 50.3 Å². The Hall–Kier alpha value is -2.71. The molecule has 44 heavy (non-hydrogen) atoms. The van der Waals surface area contributed by atoms with Crippen LogP contribution in [0.25, 0.3) is 0 Å². The molecule has 0 saturated carbocycles. The highest BCUT2D eigenvalue weighted by molar-refractivity contribution is 9.10. The van der Waals surface area contributed by atoms with Gasteiger partial charge in [0.25, 0.3) is 0 Å². The van der Waals surface area contributed by atoms with Gasteiger partial charge in [0.05, 0.1) is 25.3 Å². The summed E-state index contributed by atoms with van der Waals surface area (Å²) in [7, 11) is 0. The SMILES string of the molecule is CC(C)(C)OC(=O)N[C@@H](CO)c1ccc(Br)cc1.CC(C)(C)OC(=O)OC(=O)OC(C)(C)C.N[C@@H](CO)c1ccc(Br)cc1. The Morgan fingerprint density at radius 3 is 1.36 bits per heavy atom. The van der Waals surface area contributed by atoms with E-state index in [0.29, 0.717) is 0 Å². The van der Waals surface area contributed by atoms with Gasteiger partial charge in [-0.05, 0) is 97.7 Å². The summed E-state index contributed by atoms with van der Waals surface area (Å²) < 4.78 is 20.9. The Bertz CT molecular complexity index is 1130. The fraction of sp³-hybridized carbons (Fsp3) is 0.516. The Morgan fingerprint density at radius 2 is 1.05 bits per heavy atom. The van der Waals surface area contributed by atoms with Gasteiger partial charge in [-0.15, -0.1) is 0 Å². The number of hydrogen-bond acceptors (Lipinski definition) is 10. The van der Waals surface area contributed by atoms with E-state index >= 15 is 0 Å². The first kappa shape index (κ1) is 41.3. The quantitative estimate of drug-likeness (QED) is 0.138. The molecular formula is C31H46Br2N2O9. The number of amides is 1. The average Bonchev–Trinajstić information content (AvgIpc) is 2.85. The van der Waals surface area contributed by atoms with Crippen LogP contribution in [0.15, 0.2) is 57.5 Å². The zero-order valence-corrected chi connectivity index (χ0v) is 29.9. The Kier molecular flexibility index (Phi) is 17.8. The van der Waals surface area contributed by atoms with E-state index in [1.807, 2.05) is 48.5 Å². The minimum Gasteiger partial charge on any atom is -0.444 e. The van der Waals surface area contributed by atoms with Gasteiger partial charge in [-0.3, -0.25) is 0 Å². The van der Waals surface area contributed by atoms with Crippen molar-refractivity contribution in [3.63, 3.8) is 0 Å². The number of nitrogens with one attached hydrogen (secondary N) is 1. The van der Waals surface area contributed by atoms with Crippen LogP contribution in [0.5, 0.6) is 0 Å². The molecule has 5 N–H and O–H groups in total. The predicted molar refractivity (Wildman–Crippen MR) is 175 cm³/mol. The van der Waals surface area contributed by atoms with E-state index in [1.165, 1.54) is 0 Å². The van der Waals surface area contributed by atoms with Crippen LogP contribution in [0.2, 0.25) is 0 Å². The van der Waals surface area contributed by atoms with Gasteiger partial charge in [0.1, 0.15) is 16.8 Å². The molecule has 0 radical (unpaired) electrons. The molecule has 2 rings (SSSR count). The summed E-state index contributed by atoms with van der Waals surface area (Å²) in [6.45, 7) is 15.2. The van der Waals surface area contributed by atoms with E-state index < -0.39 is 41.2 Å². The van der Waals surface area contributed by atoms with E-state index in [2.05, 4.69) is 41.9 Å². The Labute approximate surface area is 277 Å². The summed E-state index contributed by atoms with van der Waals surface area (Å²) in [6, 6.07) is 14.3. The van der Waals surface area contributed by atoms with Crippen LogP contribution < -0.4 is 11.1 Å². The van der Waals surface area contributed by atoms with Gasteiger partial charge in [-0.1, -0.05) is 56.1 Å². The van der Waals surface area contributed by atoms with E-state index in [-0.39, 0.29) is 19.3 Å². The van der Waals surface area contributed by atoms with Crippen LogP contribution >= 0.6 is 31.9 Å². The number of alkyl carbamates (subject to hydrolysis) is 1. The first-order valence-corrected chi connectivity index (χ1v) is 15.3. The number of halogens is 2. The Balaban J connectivity index is 0.000000649. The van der Waals surface area contributed by atoms with Crippen LogP contribution in [0.4, 0.5) is 14.4 Å². The second kappa shape index (κ2) is 18.9. The van der Waals surface area contributed by atoms with Crippen molar-refractivity contribution in [2.24, 2.45) is 5.73 Å². The second-order valence-corrected chi connectivity index (χ2v) is 14.1. The molecule has 0 aliphatic carbocycles. The zero-order chi connectivity index (χ0) is 34.3. The van der Waals surface area contributed by atoms with Gasteiger partial charge in [-0.2, -0.15) is 0 Å². The molecular weight excluding hydrogens is 704 g/mol. The third kappa shape index (κ3) is 21.1. The molecule has 11 nitrogen and oxygen atoms in total. The fourth-order valence-corrected chi connectivity index (χ4v) is 3.33. The van der Waals surface area contributed by atoms with Crippen molar-refractivity contribution in [3.8, 4) is 0 Å². The maximum absolute atomic E-state index is 11.6. The summed E-state index contributed by atoms with van der Waals surface area (Å²) in [6.07, 6.45) is -2.65. The van der Waals surface area contributed by atoms with Gasteiger partial charge in [0, 0.05) is 8.95 Å². The van der Waals surface area contributed by atoms with E-state index in [0.717, 1.165) is 20.1 Å². The van der Waals surface area contributed by atoms with Crippen LogP contribution in [-0.2, 0) is 18.9 Å². The molecule has 0 bridgehead atoms. The number of aliphatic hydroxyl groups excluding tert-OH is 2. The number of rotatable bonds is 5. The smallest absolute Gasteiger partial charge is 0.444 e. The van der Waals surface area contributed by atoms with Gasteiger partial charge in [0.2, 0.25) is 0 Å². The molecule has 0 aliphatic rings. The minimum atomic E-state index is -1.06. The van der Waals surface area contributed by atoms with Crippen molar-refractivity contribution < 1.29 is 43.5 Å². The number of ether oxygens (including phenoxy) is 4. The number of hydrogen-bond donors (Lipinski definition) is 4. The molecule has 2 aromatic rings. The second-order valence-electron chi connectivity index (χ2n) is 12.3. The first-order chi connectivity index (χ1) is 20.0. The zero-order valence-electron chi connectivity index (χ0n) is 26.8. The number of nitrogens with two attached hydrogens (primary N) is 1. The minimum absolute atomic E-state index is 0.0123. The molecule has 0 aromatic heterocycles. The van der Waals surface area contributed by atoms with Crippen LogP contribution in [0.3, 0.4) is 0 Å². The van der Waals surface area contributed by atoms with E-state index in [9.17, 15) is 19.5 Å². The molecule has 0 aliphatic heterocycles. The van der Waals surface area contributed by atoms with Crippen molar-refractivity contribution in [1.29, 1.82) is 0 Å². The third-order valence-corrected chi connectivity index (χ3v) is 5.64. The number of aliphatic hydroxyl groups is 2. The lowest BCUT2D eigenvalue weighted by molar-refractivity contribution is -0.0294. The molecule has 1 amide bonds. The van der Waals surface area contributed by atoms with E-state index in [4.69, 9.17) is 25.1 Å². The van der Waals surface area contributed by atoms with E-state index in [1.54, 1.807) is 62.3 Å². The topological polar surface area (TPSA) is 167 Å². The molecule has 13 heteroatoms. The highest BCUT2D eigenvalue weighted by atomic mass is 79.9. The van der Waals surface area contributed by atoms with Crippen LogP contribution in [0, 0.1) is 0 Å². The first-order valence-electron chi connectivity index (χ1n) is 13.7. The van der Waals surface area contributed by atoms with Gasteiger partial charge >= 0.3 is 18.4 Å². The van der Waals surface area contributed by atoms with Crippen molar-refractivity contribution in [2.45, 2.75) is 91.2 Å². The average molecular weight is 751 g/mol. The molecule has 0 unspecified atom stereocenters.